The van der Waals surface area contributed by atoms with E-state index in [0.717, 1.165) is 24.0 Å². The highest BCUT2D eigenvalue weighted by Crippen LogP contribution is 2.49. The van der Waals surface area contributed by atoms with Gasteiger partial charge in [0.15, 0.2) is 5.72 Å². The van der Waals surface area contributed by atoms with Gasteiger partial charge in [0.2, 0.25) is 29.5 Å². The van der Waals surface area contributed by atoms with Gasteiger partial charge in [-0.1, -0.05) is 48.4 Å². The number of amides is 6. The van der Waals surface area contributed by atoms with Crippen LogP contribution < -0.4 is 15.5 Å². The molecule has 374 valence electrons. The normalized spacial score (nSPS) is 32.8. The van der Waals surface area contributed by atoms with Gasteiger partial charge in [0, 0.05) is 71.6 Å². The van der Waals surface area contributed by atoms with Crippen LogP contribution in [-0.4, -0.2) is 149 Å². The number of likely N-dealkylation sites (tertiary alicyclic amines) is 1. The summed E-state index contributed by atoms with van der Waals surface area (Å²) in [5, 5.41) is 26.8. The lowest BCUT2D eigenvalue weighted by atomic mass is 9.81. The van der Waals surface area contributed by atoms with E-state index in [2.05, 4.69) is 10.6 Å². The first-order valence-electron chi connectivity index (χ1n) is 23.2. The summed E-state index contributed by atoms with van der Waals surface area (Å²) in [4.78, 5) is 97.1. The van der Waals surface area contributed by atoms with Gasteiger partial charge in [-0.15, -0.1) is 11.8 Å². The number of esters is 1. The number of allylic oxidation sites excluding steroid dienone is 3. The van der Waals surface area contributed by atoms with Gasteiger partial charge in [-0.25, -0.2) is 9.59 Å². The number of epoxide rings is 1. The molecule has 0 aromatic heterocycles. The number of anilines is 1. The van der Waals surface area contributed by atoms with Crippen LogP contribution in [0.1, 0.15) is 90.2 Å². The molecule has 6 amide bonds. The Morgan fingerprint density at radius 1 is 1.12 bits per heavy atom. The Morgan fingerprint density at radius 2 is 1.82 bits per heavy atom. The van der Waals surface area contributed by atoms with E-state index in [1.807, 2.05) is 13.0 Å². The number of fused-ring (bicyclic) bond motifs is 5. The molecule has 4 aliphatic heterocycles. The summed E-state index contributed by atoms with van der Waals surface area (Å²) in [6, 6.07) is 2.36. The predicted molar refractivity (Wildman–Crippen MR) is 252 cm³/mol. The summed E-state index contributed by atoms with van der Waals surface area (Å²) in [5.41, 5.74) is -0.864. The predicted octanol–water partition coefficient (Wildman–Crippen LogP) is 3.80. The van der Waals surface area contributed by atoms with E-state index in [4.69, 9.17) is 30.5 Å². The number of aliphatic hydroxyl groups excluding tert-OH is 1. The van der Waals surface area contributed by atoms with Crippen molar-refractivity contribution in [1.82, 2.24) is 20.4 Å². The van der Waals surface area contributed by atoms with Gasteiger partial charge < -0.3 is 44.3 Å². The van der Waals surface area contributed by atoms with Crippen LogP contribution in [0.4, 0.5) is 10.5 Å². The van der Waals surface area contributed by atoms with Crippen molar-refractivity contribution in [3.63, 3.8) is 0 Å². The number of likely N-dealkylation sites (N-methyl/N-ethyl adjacent to an activating group) is 1. The van der Waals surface area contributed by atoms with Crippen molar-refractivity contribution in [2.24, 2.45) is 17.8 Å². The minimum atomic E-state index is -1.88. The van der Waals surface area contributed by atoms with Crippen LogP contribution in [0.25, 0.3) is 0 Å². The lowest BCUT2D eigenvalue weighted by Gasteiger charge is -2.42. The molecule has 9 atom stereocenters. The Kier molecular flexibility index (Phi) is 17.1. The zero-order chi connectivity index (χ0) is 49.8. The largest absolute Gasteiger partial charge is 0.457 e. The molecule has 68 heavy (non-hydrogen) atoms. The van der Waals surface area contributed by atoms with Gasteiger partial charge in [0.25, 0.3) is 0 Å². The maximum absolute atomic E-state index is 14.3. The van der Waals surface area contributed by atoms with Crippen molar-refractivity contribution in [2.75, 3.05) is 45.5 Å². The molecule has 1 unspecified atom stereocenters. The van der Waals surface area contributed by atoms with Crippen LogP contribution in [0.3, 0.4) is 0 Å². The minimum Gasteiger partial charge on any atom is -0.457 e. The molecular formula is C48H66ClN5O13S. The third kappa shape index (κ3) is 11.7. The van der Waals surface area contributed by atoms with Gasteiger partial charge in [-0.05, 0) is 76.0 Å². The number of ether oxygens (including phenoxy) is 4. The van der Waals surface area contributed by atoms with Crippen LogP contribution in [0, 0.1) is 17.8 Å². The molecule has 1 aromatic rings. The number of hydrogen-bond donors (Lipinski definition) is 4. The number of hydrogen-bond acceptors (Lipinski definition) is 14. The second-order valence-electron chi connectivity index (χ2n) is 19.0. The molecule has 1 aliphatic carbocycles. The highest BCUT2D eigenvalue weighted by atomic mass is 35.5. The highest BCUT2D eigenvalue weighted by molar-refractivity contribution is 8.00. The van der Waals surface area contributed by atoms with Crippen LogP contribution in [0.2, 0.25) is 5.02 Å². The molecule has 6 rings (SSSR count). The number of nitrogens with zero attached hydrogens (tertiary/aromatic N) is 3. The fraction of sp³-hybridized carbons (Fsp3) is 0.646. The van der Waals surface area contributed by atoms with Crippen LogP contribution in [0.5, 0.6) is 0 Å². The molecule has 4 heterocycles. The SMILES string of the molecule is CNC(=O)C1CCC(CN2C(=O)CC(SCCC(=O)N(C)[C@@H](C)C(=O)O[C@H]3CC(=O)N(C)c4cc(cc(CO)c4Cl)C/C(C)=C/C=C/[C@@H](OC)[C@@]4(O)C[C@H](OC(=O)N4)[C@@H](C)[C@@H]4O[C@@]34C)C2=O)CC1. The molecule has 4 N–H and O–H groups in total. The monoisotopic (exact) mass is 987 g/mol. The van der Waals surface area contributed by atoms with Gasteiger partial charge in [0.1, 0.15) is 30.0 Å². The zero-order valence-corrected chi connectivity index (χ0v) is 41.7. The first-order valence-corrected chi connectivity index (χ1v) is 24.6. The maximum Gasteiger partial charge on any atom is 0.409 e. The van der Waals surface area contributed by atoms with Crippen LogP contribution in [-0.2, 0) is 60.7 Å². The second-order valence-corrected chi connectivity index (χ2v) is 20.7. The molecule has 5 aliphatic rings. The van der Waals surface area contributed by atoms with Gasteiger partial charge in [-0.2, -0.15) is 0 Å². The molecule has 4 fully saturated rings. The number of rotatable bonds is 12. The lowest BCUT2D eigenvalue weighted by Crippen LogP contribution is -2.63. The van der Waals surface area contributed by atoms with Crippen molar-refractivity contribution in [1.29, 1.82) is 0 Å². The molecule has 0 radical (unpaired) electrons. The number of halogens is 1. The number of aliphatic hydroxyl groups is 2. The van der Waals surface area contributed by atoms with E-state index in [-0.39, 0.29) is 59.6 Å². The van der Waals surface area contributed by atoms with E-state index in [1.54, 1.807) is 45.2 Å². The number of thioether (sulfide) groups is 1. The fourth-order valence-corrected chi connectivity index (χ4v) is 11.2. The molecule has 0 spiro atoms. The van der Waals surface area contributed by atoms with Gasteiger partial charge >= 0.3 is 12.1 Å². The molecule has 20 heteroatoms. The zero-order valence-electron chi connectivity index (χ0n) is 40.1. The molecule has 18 nitrogen and oxygen atoms in total. The average Bonchev–Trinajstić information content (AvgIpc) is 3.94. The summed E-state index contributed by atoms with van der Waals surface area (Å²) in [5.74, 6) is -2.59. The summed E-state index contributed by atoms with van der Waals surface area (Å²) >= 11 is 7.99. The molecular weight excluding hydrogens is 922 g/mol. The Morgan fingerprint density at radius 3 is 2.49 bits per heavy atom. The topological polar surface area (TPSA) is 234 Å². The highest BCUT2D eigenvalue weighted by Gasteiger charge is 2.64. The summed E-state index contributed by atoms with van der Waals surface area (Å²) < 4.78 is 23.8. The van der Waals surface area contributed by atoms with Crippen molar-refractivity contribution < 1.29 is 62.7 Å². The van der Waals surface area contributed by atoms with E-state index in [0.29, 0.717) is 37.1 Å². The van der Waals surface area contributed by atoms with E-state index < -0.39 is 89.9 Å². The first-order chi connectivity index (χ1) is 32.1. The first kappa shape index (κ1) is 52.8. The lowest BCUT2D eigenvalue weighted by molar-refractivity contribution is -0.162. The number of carbonyl (C=O) groups excluding carboxylic acids is 7. The average molecular weight is 989 g/mol. The maximum atomic E-state index is 14.3. The summed E-state index contributed by atoms with van der Waals surface area (Å²) in [6.07, 6.45) is 3.19. The smallest absolute Gasteiger partial charge is 0.409 e. The van der Waals surface area contributed by atoms with Gasteiger partial charge in [0.05, 0.1) is 35.1 Å². The van der Waals surface area contributed by atoms with E-state index >= 15 is 0 Å². The number of carbonyl (C=O) groups is 7. The van der Waals surface area contributed by atoms with Crippen molar-refractivity contribution in [3.8, 4) is 0 Å². The van der Waals surface area contributed by atoms with Crippen LogP contribution >= 0.6 is 23.4 Å². The number of methoxy groups -OCH3 is 1. The molecule has 1 aromatic carbocycles. The number of benzene rings is 1. The number of imide groups is 1. The standard InChI is InChI=1S/C48H66ClN5O13S/c1-26-10-9-11-36(64-8)48(63)23-34(65-46(62)51-48)27(2)42-47(4,67-42)37(22-39(57)53(7)33-20-30(18-26)19-32(25-55)41(33)49)66-45(61)28(3)52(6)38(56)16-17-68-35-21-40(58)54(44(35)60)24-29-12-14-31(15-13-29)43(59)50-5/h9-11,19-20,27-29,31,34-37,42,55,63H,12-18,21-25H2,1-8H3,(H,50,59)(H,51,62)/b11-9+,26-10+/t27-,28+,29?,31?,34+,35?,36-,37+,42+,47+,48+/m1/s1. The number of alkyl carbamates (subject to hydrolysis) is 1. The number of nitrogens with one attached hydrogen (secondary N) is 2. The molecule has 1 saturated carbocycles. The van der Waals surface area contributed by atoms with E-state index in [9.17, 15) is 43.8 Å². The fourth-order valence-electron chi connectivity index (χ4n) is 9.79. The molecule has 3 saturated heterocycles. The van der Waals surface area contributed by atoms with Crippen molar-refractivity contribution in [3.05, 3.63) is 52.1 Å². The summed E-state index contributed by atoms with van der Waals surface area (Å²) in [6.45, 7) is 6.73. The van der Waals surface area contributed by atoms with E-state index in [1.165, 1.54) is 54.6 Å². The van der Waals surface area contributed by atoms with Crippen molar-refractivity contribution >= 4 is 70.6 Å². The van der Waals surface area contributed by atoms with Crippen LogP contribution in [0.15, 0.2) is 35.9 Å². The Bertz CT molecular complexity index is 2180. The Hall–Kier alpha value is -4.53. The van der Waals surface area contributed by atoms with Gasteiger partial charge in [-0.3, -0.25) is 34.2 Å². The summed E-state index contributed by atoms with van der Waals surface area (Å²) in [7, 11) is 6.00. The Labute approximate surface area is 406 Å². The second kappa shape index (κ2) is 22.0. The molecule has 4 bridgehead atoms. The Balaban J connectivity index is 1.15. The van der Waals surface area contributed by atoms with Crippen molar-refractivity contribution in [2.45, 2.75) is 139 Å². The third-order valence-electron chi connectivity index (χ3n) is 14.3. The minimum absolute atomic E-state index is 0.0109. The quantitative estimate of drug-likeness (QED) is 0.133. The third-order valence-corrected chi connectivity index (χ3v) is 16.0.